The van der Waals surface area contributed by atoms with Crippen LogP contribution >= 0.6 is 0 Å². The van der Waals surface area contributed by atoms with E-state index >= 15 is 0 Å². The molecule has 0 aliphatic heterocycles. The maximum Gasteiger partial charge on any atom is 0.309 e. The van der Waals surface area contributed by atoms with Crippen LogP contribution in [0.15, 0.2) is 18.2 Å². The van der Waals surface area contributed by atoms with Crippen LogP contribution < -0.4 is 0 Å². The Balaban J connectivity index is 2.93. The molecule has 0 N–H and O–H groups in total. The molecule has 2 nitrogen and oxygen atoms in total. The predicted molar refractivity (Wildman–Crippen MR) is 60.4 cm³/mol. The van der Waals surface area contributed by atoms with E-state index in [0.29, 0.717) is 0 Å². The van der Waals surface area contributed by atoms with Crippen molar-refractivity contribution in [3.63, 3.8) is 0 Å². The summed E-state index contributed by atoms with van der Waals surface area (Å²) in [7, 11) is 1.29. The number of esters is 1. The summed E-state index contributed by atoms with van der Waals surface area (Å²) < 4.78 is 31.1. The third-order valence-corrected chi connectivity index (χ3v) is 2.76. The lowest BCUT2D eigenvalue weighted by Crippen LogP contribution is -2.24. The van der Waals surface area contributed by atoms with Gasteiger partial charge in [0.05, 0.1) is 13.0 Å². The molecule has 0 saturated carbocycles. The van der Waals surface area contributed by atoms with Gasteiger partial charge in [-0.3, -0.25) is 4.79 Å². The lowest BCUT2D eigenvalue weighted by molar-refractivity contribution is -0.146. The fraction of sp³-hybridized carbons (Fsp3) is 0.462. The van der Waals surface area contributed by atoms with E-state index in [9.17, 15) is 13.6 Å². The standard InChI is InChI=1S/C13H16F2O2/c1-8(2)11(13(16)17-3)7-9-6-10(14)4-5-12(9)15/h4-6,8,11H,7H2,1-3H3. The van der Waals surface area contributed by atoms with Gasteiger partial charge < -0.3 is 4.74 Å². The minimum Gasteiger partial charge on any atom is -0.469 e. The van der Waals surface area contributed by atoms with Crippen molar-refractivity contribution in [3.05, 3.63) is 35.4 Å². The van der Waals surface area contributed by atoms with Crippen molar-refractivity contribution >= 4 is 5.97 Å². The fourth-order valence-corrected chi connectivity index (χ4v) is 1.68. The first-order valence-electron chi connectivity index (χ1n) is 5.47. The van der Waals surface area contributed by atoms with Crippen molar-refractivity contribution in [2.24, 2.45) is 11.8 Å². The molecule has 1 unspecified atom stereocenters. The summed E-state index contributed by atoms with van der Waals surface area (Å²) in [4.78, 5) is 11.5. The molecule has 0 aliphatic rings. The number of hydrogen-bond acceptors (Lipinski definition) is 2. The van der Waals surface area contributed by atoms with Gasteiger partial charge in [0, 0.05) is 0 Å². The van der Waals surface area contributed by atoms with Crippen LogP contribution in [0.2, 0.25) is 0 Å². The second-order valence-corrected chi connectivity index (χ2v) is 4.31. The Morgan fingerprint density at radius 1 is 1.35 bits per heavy atom. The molecule has 0 fully saturated rings. The zero-order chi connectivity index (χ0) is 13.0. The predicted octanol–water partition coefficient (Wildman–Crippen LogP) is 2.95. The summed E-state index contributed by atoms with van der Waals surface area (Å²) in [6, 6.07) is 3.24. The lowest BCUT2D eigenvalue weighted by Gasteiger charge is -2.18. The van der Waals surface area contributed by atoms with E-state index in [4.69, 9.17) is 0 Å². The first kappa shape index (κ1) is 13.6. The van der Waals surface area contributed by atoms with Crippen molar-refractivity contribution < 1.29 is 18.3 Å². The highest BCUT2D eigenvalue weighted by Gasteiger charge is 2.24. The Kier molecular flexibility index (Phi) is 4.61. The third-order valence-electron chi connectivity index (χ3n) is 2.76. The highest BCUT2D eigenvalue weighted by atomic mass is 19.1. The number of halogens is 2. The monoisotopic (exact) mass is 242 g/mol. The van der Waals surface area contributed by atoms with Gasteiger partial charge in [-0.25, -0.2) is 8.78 Å². The fourth-order valence-electron chi connectivity index (χ4n) is 1.68. The summed E-state index contributed by atoms with van der Waals surface area (Å²) in [5, 5.41) is 0. The molecule has 0 radical (unpaired) electrons. The van der Waals surface area contributed by atoms with Gasteiger partial charge in [0.2, 0.25) is 0 Å². The van der Waals surface area contributed by atoms with Crippen molar-refractivity contribution in [2.45, 2.75) is 20.3 Å². The number of ether oxygens (including phenoxy) is 1. The van der Waals surface area contributed by atoms with Crippen LogP contribution in [0.5, 0.6) is 0 Å². The number of benzene rings is 1. The normalized spacial score (nSPS) is 12.6. The summed E-state index contributed by atoms with van der Waals surface area (Å²) in [6.07, 6.45) is 0.147. The topological polar surface area (TPSA) is 26.3 Å². The molecular formula is C13H16F2O2. The third kappa shape index (κ3) is 3.51. The van der Waals surface area contributed by atoms with Crippen LogP contribution in [0.25, 0.3) is 0 Å². The molecular weight excluding hydrogens is 226 g/mol. The Hall–Kier alpha value is -1.45. The molecule has 94 valence electrons. The molecule has 0 aromatic heterocycles. The highest BCUT2D eigenvalue weighted by Crippen LogP contribution is 2.21. The van der Waals surface area contributed by atoms with E-state index in [2.05, 4.69) is 4.74 Å². The van der Waals surface area contributed by atoms with Crippen molar-refractivity contribution in [2.75, 3.05) is 7.11 Å². The number of rotatable bonds is 4. The van der Waals surface area contributed by atoms with Crippen LogP contribution in [0.3, 0.4) is 0 Å². The Bertz CT molecular complexity index is 402. The SMILES string of the molecule is COC(=O)C(Cc1cc(F)ccc1F)C(C)C. The quantitative estimate of drug-likeness (QED) is 0.759. The molecule has 0 saturated heterocycles. The Labute approximate surface area is 99.6 Å². The van der Waals surface area contributed by atoms with Gasteiger partial charge in [-0.05, 0) is 36.1 Å². The number of hydrogen-bond donors (Lipinski definition) is 0. The number of methoxy groups -OCH3 is 1. The van der Waals surface area contributed by atoms with Crippen LogP contribution in [0.4, 0.5) is 8.78 Å². The average molecular weight is 242 g/mol. The molecule has 0 bridgehead atoms. The van der Waals surface area contributed by atoms with E-state index in [1.807, 2.05) is 13.8 Å². The number of carbonyl (C=O) groups is 1. The van der Waals surface area contributed by atoms with Gasteiger partial charge in [-0.1, -0.05) is 13.8 Å². The van der Waals surface area contributed by atoms with E-state index in [-0.39, 0.29) is 17.9 Å². The summed E-state index contributed by atoms with van der Waals surface area (Å²) in [5.74, 6) is -1.86. The first-order chi connectivity index (χ1) is 7.95. The second-order valence-electron chi connectivity index (χ2n) is 4.31. The zero-order valence-corrected chi connectivity index (χ0v) is 10.2. The van der Waals surface area contributed by atoms with Gasteiger partial charge in [0.1, 0.15) is 11.6 Å². The van der Waals surface area contributed by atoms with Gasteiger partial charge in [-0.2, -0.15) is 0 Å². The molecule has 17 heavy (non-hydrogen) atoms. The van der Waals surface area contributed by atoms with Crippen LogP contribution in [0.1, 0.15) is 19.4 Å². The van der Waals surface area contributed by atoms with Crippen molar-refractivity contribution in [1.29, 1.82) is 0 Å². The molecule has 1 aromatic carbocycles. The zero-order valence-electron chi connectivity index (χ0n) is 10.2. The molecule has 1 aromatic rings. The second kappa shape index (κ2) is 5.75. The average Bonchev–Trinajstić information content (AvgIpc) is 2.28. The van der Waals surface area contributed by atoms with E-state index in [0.717, 1.165) is 18.2 Å². The largest absolute Gasteiger partial charge is 0.469 e. The summed E-state index contributed by atoms with van der Waals surface area (Å²) in [6.45, 7) is 3.69. The van der Waals surface area contributed by atoms with Gasteiger partial charge >= 0.3 is 5.97 Å². The highest BCUT2D eigenvalue weighted by molar-refractivity contribution is 5.72. The van der Waals surface area contributed by atoms with Gasteiger partial charge in [0.25, 0.3) is 0 Å². The molecule has 1 atom stereocenters. The van der Waals surface area contributed by atoms with Crippen LogP contribution in [-0.4, -0.2) is 13.1 Å². The molecule has 4 heteroatoms. The lowest BCUT2D eigenvalue weighted by atomic mass is 9.89. The van der Waals surface area contributed by atoms with E-state index in [1.165, 1.54) is 7.11 Å². The van der Waals surface area contributed by atoms with Crippen molar-refractivity contribution in [3.8, 4) is 0 Å². The minimum absolute atomic E-state index is 0.00474. The Morgan fingerprint density at radius 2 is 2.00 bits per heavy atom. The van der Waals surface area contributed by atoms with Gasteiger partial charge in [-0.15, -0.1) is 0 Å². The molecule has 0 heterocycles. The first-order valence-corrected chi connectivity index (χ1v) is 5.47. The van der Waals surface area contributed by atoms with Crippen LogP contribution in [0, 0.1) is 23.5 Å². The van der Waals surface area contributed by atoms with E-state index < -0.39 is 23.5 Å². The smallest absolute Gasteiger partial charge is 0.309 e. The minimum atomic E-state index is -0.506. The number of carbonyl (C=O) groups excluding carboxylic acids is 1. The molecule has 0 amide bonds. The molecule has 0 spiro atoms. The molecule has 1 rings (SSSR count). The maximum absolute atomic E-state index is 13.4. The van der Waals surface area contributed by atoms with Crippen LogP contribution in [-0.2, 0) is 16.0 Å². The summed E-state index contributed by atoms with van der Waals surface area (Å²) >= 11 is 0. The van der Waals surface area contributed by atoms with E-state index in [1.54, 1.807) is 0 Å². The maximum atomic E-state index is 13.4. The summed E-state index contributed by atoms with van der Waals surface area (Å²) in [5.41, 5.74) is 0.203. The van der Waals surface area contributed by atoms with Gasteiger partial charge in [0.15, 0.2) is 0 Å². The Morgan fingerprint density at radius 3 is 2.53 bits per heavy atom. The van der Waals surface area contributed by atoms with Crippen molar-refractivity contribution in [1.82, 2.24) is 0 Å². The molecule has 0 aliphatic carbocycles.